The van der Waals surface area contributed by atoms with Crippen molar-refractivity contribution in [3.63, 3.8) is 0 Å². The monoisotopic (exact) mass is 496 g/mol. The van der Waals surface area contributed by atoms with Gasteiger partial charge in [-0.2, -0.15) is 0 Å². The van der Waals surface area contributed by atoms with Crippen LogP contribution in [-0.2, 0) is 19.7 Å². The number of amides is 1. The van der Waals surface area contributed by atoms with Crippen LogP contribution in [-0.4, -0.2) is 69.8 Å². The van der Waals surface area contributed by atoms with Crippen molar-refractivity contribution in [3.05, 3.63) is 64.1 Å². The number of carbonyl (C=O) groups excluding carboxylic acids is 1. The Bertz CT molecular complexity index is 1230. The standard InChI is InChI=1S/C28H37FN4O3/c1-4-7-33-20(3)25(18-35)24-15-22(28(36)32-10-8-31(9-11-32)12-13-34)16-26(27(24)33)30-17-21-5-6-23(29)14-19(21)2/h5-6,14-16,30,34-35H,4,7-13,17-18H2,1-3H3. The number of nitrogens with zero attached hydrogens (tertiary/aromatic N) is 3. The van der Waals surface area contributed by atoms with E-state index in [9.17, 15) is 19.4 Å². The number of rotatable bonds is 9. The number of aromatic nitrogens is 1. The van der Waals surface area contributed by atoms with Crippen molar-refractivity contribution in [2.45, 2.75) is 46.9 Å². The maximum absolute atomic E-state index is 13.6. The molecule has 0 aliphatic carbocycles. The second-order valence-electron chi connectivity index (χ2n) is 9.58. The molecule has 0 bridgehead atoms. The molecule has 0 spiro atoms. The van der Waals surface area contributed by atoms with Crippen molar-refractivity contribution in [2.75, 3.05) is 44.6 Å². The lowest BCUT2D eigenvalue weighted by Gasteiger charge is -2.34. The first-order valence-corrected chi connectivity index (χ1v) is 12.8. The maximum atomic E-state index is 13.6. The summed E-state index contributed by atoms with van der Waals surface area (Å²) in [6.45, 7) is 10.6. The summed E-state index contributed by atoms with van der Waals surface area (Å²) < 4.78 is 15.8. The van der Waals surface area contributed by atoms with Crippen molar-refractivity contribution in [2.24, 2.45) is 0 Å². The van der Waals surface area contributed by atoms with E-state index in [1.165, 1.54) is 12.1 Å². The van der Waals surface area contributed by atoms with Crippen LogP contribution in [0.3, 0.4) is 0 Å². The fraction of sp³-hybridized carbons (Fsp3) is 0.464. The first-order chi connectivity index (χ1) is 17.4. The predicted molar refractivity (Wildman–Crippen MR) is 141 cm³/mol. The molecule has 3 N–H and O–H groups in total. The molecular weight excluding hydrogens is 459 g/mol. The molecule has 4 rings (SSSR count). The number of fused-ring (bicyclic) bond motifs is 1. The summed E-state index contributed by atoms with van der Waals surface area (Å²) in [5.74, 6) is -0.295. The number of piperazine rings is 1. The third kappa shape index (κ3) is 5.26. The van der Waals surface area contributed by atoms with Crippen LogP contribution < -0.4 is 5.32 Å². The summed E-state index contributed by atoms with van der Waals surface area (Å²) in [4.78, 5) is 17.6. The van der Waals surface area contributed by atoms with Crippen LogP contribution in [0.5, 0.6) is 0 Å². The fourth-order valence-corrected chi connectivity index (χ4v) is 5.19. The number of hydrogen-bond donors (Lipinski definition) is 3. The van der Waals surface area contributed by atoms with Crippen LogP contribution >= 0.6 is 0 Å². The topological polar surface area (TPSA) is 81.0 Å². The van der Waals surface area contributed by atoms with Gasteiger partial charge in [0.15, 0.2) is 0 Å². The van der Waals surface area contributed by atoms with Gasteiger partial charge >= 0.3 is 0 Å². The summed E-state index contributed by atoms with van der Waals surface area (Å²) in [7, 11) is 0. The van der Waals surface area contributed by atoms with E-state index in [4.69, 9.17) is 0 Å². The third-order valence-corrected chi connectivity index (χ3v) is 7.25. The number of hydrogen-bond acceptors (Lipinski definition) is 5. The minimum Gasteiger partial charge on any atom is -0.395 e. The highest BCUT2D eigenvalue weighted by molar-refractivity contribution is 6.04. The zero-order chi connectivity index (χ0) is 25.8. The van der Waals surface area contributed by atoms with Crippen LogP contribution in [0.4, 0.5) is 10.1 Å². The van der Waals surface area contributed by atoms with Gasteiger partial charge in [0.25, 0.3) is 5.91 Å². The van der Waals surface area contributed by atoms with E-state index >= 15 is 0 Å². The van der Waals surface area contributed by atoms with Gasteiger partial charge in [0.05, 0.1) is 24.4 Å². The van der Waals surface area contributed by atoms with Gasteiger partial charge in [-0.1, -0.05) is 13.0 Å². The molecule has 3 aromatic rings. The largest absolute Gasteiger partial charge is 0.395 e. The first kappa shape index (κ1) is 26.1. The molecule has 0 unspecified atom stereocenters. The molecule has 1 fully saturated rings. The Morgan fingerprint density at radius 2 is 1.81 bits per heavy atom. The second-order valence-corrected chi connectivity index (χ2v) is 9.58. The lowest BCUT2D eigenvalue weighted by atomic mass is 10.0. The Kier molecular flexibility index (Phi) is 8.28. The van der Waals surface area contributed by atoms with Crippen molar-refractivity contribution in [1.82, 2.24) is 14.4 Å². The van der Waals surface area contributed by atoms with E-state index in [2.05, 4.69) is 21.7 Å². The molecule has 0 radical (unpaired) electrons. The molecule has 2 aromatic carbocycles. The fourth-order valence-electron chi connectivity index (χ4n) is 5.19. The van der Waals surface area contributed by atoms with E-state index in [0.717, 1.165) is 65.0 Å². The number of aliphatic hydroxyl groups excluding tert-OH is 2. The van der Waals surface area contributed by atoms with E-state index in [-0.39, 0.29) is 24.9 Å². The Hall–Kier alpha value is -2.94. The van der Waals surface area contributed by atoms with Gasteiger partial charge < -0.3 is 25.0 Å². The lowest BCUT2D eigenvalue weighted by Crippen LogP contribution is -2.49. The van der Waals surface area contributed by atoms with E-state index < -0.39 is 0 Å². The molecule has 7 nitrogen and oxygen atoms in total. The summed E-state index contributed by atoms with van der Waals surface area (Å²) >= 11 is 0. The van der Waals surface area contributed by atoms with Crippen LogP contribution in [0, 0.1) is 19.7 Å². The number of benzene rings is 2. The minimum atomic E-state index is -0.259. The summed E-state index contributed by atoms with van der Waals surface area (Å²) in [5.41, 5.74) is 6.06. The number of aryl methyl sites for hydroxylation is 2. The number of halogens is 1. The van der Waals surface area contributed by atoms with Crippen LogP contribution in [0.15, 0.2) is 30.3 Å². The van der Waals surface area contributed by atoms with Gasteiger partial charge in [-0.3, -0.25) is 9.69 Å². The molecule has 0 saturated carbocycles. The number of anilines is 1. The average Bonchev–Trinajstić information content (AvgIpc) is 3.14. The van der Waals surface area contributed by atoms with E-state index in [1.54, 1.807) is 6.07 Å². The Labute approximate surface area is 212 Å². The van der Waals surface area contributed by atoms with E-state index in [1.807, 2.05) is 30.9 Å². The van der Waals surface area contributed by atoms with Crippen molar-refractivity contribution in [3.8, 4) is 0 Å². The molecule has 1 saturated heterocycles. The number of carbonyl (C=O) groups is 1. The van der Waals surface area contributed by atoms with Gasteiger partial charge in [0.1, 0.15) is 5.82 Å². The molecule has 36 heavy (non-hydrogen) atoms. The molecule has 1 aliphatic heterocycles. The van der Waals surface area contributed by atoms with Gasteiger partial charge in [-0.05, 0) is 55.7 Å². The molecule has 2 heterocycles. The Balaban J connectivity index is 1.73. The van der Waals surface area contributed by atoms with Gasteiger partial charge in [-0.15, -0.1) is 0 Å². The quantitative estimate of drug-likeness (QED) is 0.421. The normalized spacial score (nSPS) is 14.6. The minimum absolute atomic E-state index is 0.0358. The van der Waals surface area contributed by atoms with Gasteiger partial charge in [-0.25, -0.2) is 4.39 Å². The molecule has 0 atom stereocenters. The highest BCUT2D eigenvalue weighted by atomic mass is 19.1. The predicted octanol–water partition coefficient (Wildman–Crippen LogP) is 3.66. The van der Waals surface area contributed by atoms with Crippen molar-refractivity contribution >= 4 is 22.5 Å². The van der Waals surface area contributed by atoms with Crippen molar-refractivity contribution in [1.29, 1.82) is 0 Å². The van der Waals surface area contributed by atoms with Crippen LogP contribution in [0.1, 0.15) is 46.1 Å². The zero-order valence-electron chi connectivity index (χ0n) is 21.5. The van der Waals surface area contributed by atoms with E-state index in [0.29, 0.717) is 31.7 Å². The molecular formula is C28H37FN4O3. The molecule has 1 aromatic heterocycles. The molecule has 194 valence electrons. The first-order valence-electron chi connectivity index (χ1n) is 12.8. The average molecular weight is 497 g/mol. The summed E-state index contributed by atoms with van der Waals surface area (Å²) in [5, 5.41) is 23.8. The highest BCUT2D eigenvalue weighted by Gasteiger charge is 2.25. The zero-order valence-corrected chi connectivity index (χ0v) is 21.5. The van der Waals surface area contributed by atoms with Crippen molar-refractivity contribution < 1.29 is 19.4 Å². The number of β-amino-alcohol motifs (C(OH)–C–C–N with tert-alkyl or cyclic N) is 1. The third-order valence-electron chi connectivity index (χ3n) is 7.25. The van der Waals surface area contributed by atoms with Crippen LogP contribution in [0.25, 0.3) is 10.9 Å². The van der Waals surface area contributed by atoms with Gasteiger partial charge in [0, 0.05) is 68.0 Å². The second kappa shape index (κ2) is 11.4. The Morgan fingerprint density at radius 3 is 2.44 bits per heavy atom. The number of aliphatic hydroxyl groups is 2. The SMILES string of the molecule is CCCn1c(C)c(CO)c2cc(C(=O)N3CCN(CCO)CC3)cc(NCc3ccc(F)cc3C)c21. The molecule has 8 heteroatoms. The lowest BCUT2D eigenvalue weighted by molar-refractivity contribution is 0.0615. The number of nitrogens with one attached hydrogen (secondary N) is 1. The van der Waals surface area contributed by atoms with Gasteiger partial charge in [0.2, 0.25) is 0 Å². The molecule has 1 aliphatic rings. The molecule has 1 amide bonds. The maximum Gasteiger partial charge on any atom is 0.254 e. The smallest absolute Gasteiger partial charge is 0.254 e. The summed E-state index contributed by atoms with van der Waals surface area (Å²) in [6, 6.07) is 8.60. The Morgan fingerprint density at radius 1 is 1.06 bits per heavy atom. The summed E-state index contributed by atoms with van der Waals surface area (Å²) in [6.07, 6.45) is 0.935. The highest BCUT2D eigenvalue weighted by Crippen LogP contribution is 2.34. The van der Waals surface area contributed by atoms with Crippen LogP contribution in [0.2, 0.25) is 0 Å².